The minimum absolute atomic E-state index is 0.0531. The van der Waals surface area contributed by atoms with Crippen LogP contribution in [0.3, 0.4) is 0 Å². The van der Waals surface area contributed by atoms with Gasteiger partial charge in [-0.1, -0.05) is 81.4 Å². The van der Waals surface area contributed by atoms with Crippen molar-refractivity contribution in [2.45, 2.75) is 45.0 Å². The Hall–Kier alpha value is -1.92. The van der Waals surface area contributed by atoms with E-state index in [9.17, 15) is 18.0 Å². The number of benzene rings is 2. The lowest BCUT2D eigenvalue weighted by Crippen LogP contribution is -2.68. The summed E-state index contributed by atoms with van der Waals surface area (Å²) in [6.07, 6.45) is -6.00. The fourth-order valence-electron chi connectivity index (χ4n) is 3.50. The molecule has 0 amide bonds. The Morgan fingerprint density at radius 1 is 0.889 bits per heavy atom. The van der Waals surface area contributed by atoms with Crippen LogP contribution in [0.2, 0.25) is 5.04 Å². The second-order valence-corrected chi connectivity index (χ2v) is 11.9. The Bertz CT molecular complexity index is 700. The normalized spacial score (nSPS) is 15.2. The average molecular weight is 395 g/mol. The van der Waals surface area contributed by atoms with E-state index in [1.54, 1.807) is 0 Å². The molecule has 0 bridgehead atoms. The lowest BCUT2D eigenvalue weighted by molar-refractivity contribution is -0.190. The highest BCUT2D eigenvalue weighted by Crippen LogP contribution is 2.39. The van der Waals surface area contributed by atoms with Crippen LogP contribution in [0.25, 0.3) is 0 Å². The van der Waals surface area contributed by atoms with Gasteiger partial charge in [0, 0.05) is 0 Å². The third-order valence-corrected chi connectivity index (χ3v) is 9.94. The predicted octanol–water partition coefficient (Wildman–Crippen LogP) is 4.33. The van der Waals surface area contributed by atoms with Gasteiger partial charge in [0.05, 0.1) is 6.10 Å². The molecule has 146 valence electrons. The van der Waals surface area contributed by atoms with Gasteiger partial charge in [-0.25, -0.2) is 0 Å². The topological polar surface area (TPSA) is 26.3 Å². The molecule has 6 heteroatoms. The van der Waals surface area contributed by atoms with Crippen LogP contribution in [0.4, 0.5) is 13.2 Å². The molecule has 0 radical (unpaired) electrons. The maximum Gasteiger partial charge on any atom is 0.400 e. The van der Waals surface area contributed by atoms with Crippen molar-refractivity contribution in [3.05, 3.63) is 60.7 Å². The highest BCUT2D eigenvalue weighted by atomic mass is 28.4. The van der Waals surface area contributed by atoms with Crippen molar-refractivity contribution in [1.29, 1.82) is 0 Å². The predicted molar refractivity (Wildman–Crippen MR) is 104 cm³/mol. The first kappa shape index (κ1) is 21.4. The fourth-order valence-corrected chi connectivity index (χ4v) is 8.22. The Kier molecular flexibility index (Phi) is 6.32. The van der Waals surface area contributed by atoms with Crippen molar-refractivity contribution in [2.24, 2.45) is 5.92 Å². The average Bonchev–Trinajstić information content (AvgIpc) is 2.59. The van der Waals surface area contributed by atoms with Crippen LogP contribution >= 0.6 is 0 Å². The third kappa shape index (κ3) is 4.33. The molecule has 2 rings (SSSR count). The van der Waals surface area contributed by atoms with E-state index in [1.807, 2.05) is 81.4 Å². The van der Waals surface area contributed by atoms with Crippen LogP contribution < -0.4 is 10.4 Å². The first-order chi connectivity index (χ1) is 12.5. The molecule has 0 aliphatic carbocycles. The largest absolute Gasteiger partial charge is 0.404 e. The number of alkyl halides is 3. The van der Waals surface area contributed by atoms with Crippen molar-refractivity contribution in [3.8, 4) is 0 Å². The van der Waals surface area contributed by atoms with Crippen LogP contribution in [0.5, 0.6) is 0 Å². The van der Waals surface area contributed by atoms with Gasteiger partial charge in [0.1, 0.15) is 12.2 Å². The lowest BCUT2D eigenvalue weighted by atomic mass is 10.1. The Labute approximate surface area is 159 Å². The summed E-state index contributed by atoms with van der Waals surface area (Å²) in [5, 5.41) is 1.30. The van der Waals surface area contributed by atoms with Crippen LogP contribution in [0, 0.1) is 5.92 Å². The lowest BCUT2D eigenvalue weighted by Gasteiger charge is -2.45. The third-order valence-electron chi connectivity index (χ3n) is 4.81. The monoisotopic (exact) mass is 394 g/mol. The summed E-state index contributed by atoms with van der Waals surface area (Å²) >= 11 is 0. The zero-order valence-corrected chi connectivity index (χ0v) is 17.0. The standard InChI is InChI=1S/C21H25F3O2Si/c1-16(19(15-25)21(22,23)24)26-27(20(2,3)4,17-11-7-5-8-12-17)18-13-9-6-10-14-18/h5-16,19H,1-4H3. The van der Waals surface area contributed by atoms with Crippen molar-refractivity contribution in [2.75, 3.05) is 0 Å². The number of aldehydes is 1. The minimum Gasteiger partial charge on any atom is -0.404 e. The van der Waals surface area contributed by atoms with Crippen LogP contribution in [-0.4, -0.2) is 26.9 Å². The molecule has 0 N–H and O–H groups in total. The summed E-state index contributed by atoms with van der Waals surface area (Å²) in [6.45, 7) is 7.28. The van der Waals surface area contributed by atoms with Crippen molar-refractivity contribution in [1.82, 2.24) is 0 Å². The van der Waals surface area contributed by atoms with Gasteiger partial charge in [-0.15, -0.1) is 0 Å². The van der Waals surface area contributed by atoms with E-state index >= 15 is 0 Å². The number of carbonyl (C=O) groups is 1. The maximum atomic E-state index is 13.4. The molecule has 0 aliphatic heterocycles. The van der Waals surface area contributed by atoms with Gasteiger partial charge in [-0.05, 0) is 22.3 Å². The van der Waals surface area contributed by atoms with E-state index in [-0.39, 0.29) is 6.29 Å². The molecule has 0 spiro atoms. The second kappa shape index (κ2) is 7.98. The first-order valence-corrected chi connectivity index (χ1v) is 10.8. The number of rotatable bonds is 6. The molecular formula is C21H25F3O2Si. The number of hydrogen-bond acceptors (Lipinski definition) is 2. The molecule has 0 fully saturated rings. The second-order valence-electron chi connectivity index (χ2n) is 7.69. The van der Waals surface area contributed by atoms with E-state index in [1.165, 1.54) is 6.92 Å². The number of carbonyl (C=O) groups excluding carboxylic acids is 1. The SMILES string of the molecule is CC(O[Si](c1ccccc1)(c1ccccc1)C(C)(C)C)C(C=O)C(F)(F)F. The van der Waals surface area contributed by atoms with E-state index in [4.69, 9.17) is 4.43 Å². The van der Waals surface area contributed by atoms with E-state index in [0.29, 0.717) is 0 Å². The molecule has 2 aromatic rings. The molecule has 0 aliphatic rings. The summed E-state index contributed by atoms with van der Waals surface area (Å²) < 4.78 is 46.4. The zero-order valence-electron chi connectivity index (χ0n) is 16.0. The Morgan fingerprint density at radius 3 is 1.59 bits per heavy atom. The van der Waals surface area contributed by atoms with Gasteiger partial charge in [0.2, 0.25) is 0 Å². The molecule has 0 saturated heterocycles. The molecule has 2 atom stereocenters. The highest BCUT2D eigenvalue weighted by molar-refractivity contribution is 6.99. The molecule has 2 nitrogen and oxygen atoms in total. The van der Waals surface area contributed by atoms with Crippen LogP contribution in [-0.2, 0) is 9.22 Å². The Morgan fingerprint density at radius 2 is 1.30 bits per heavy atom. The van der Waals surface area contributed by atoms with Gasteiger partial charge in [0.25, 0.3) is 8.32 Å². The van der Waals surface area contributed by atoms with Crippen LogP contribution in [0.1, 0.15) is 27.7 Å². The van der Waals surface area contributed by atoms with Gasteiger partial charge in [-0.3, -0.25) is 0 Å². The van der Waals surface area contributed by atoms with Gasteiger partial charge < -0.3 is 9.22 Å². The molecule has 0 aromatic heterocycles. The van der Waals surface area contributed by atoms with Crippen LogP contribution in [0.15, 0.2) is 60.7 Å². The zero-order chi connectivity index (χ0) is 20.3. The van der Waals surface area contributed by atoms with E-state index in [0.717, 1.165) is 10.4 Å². The maximum absolute atomic E-state index is 13.4. The quantitative estimate of drug-likeness (QED) is 0.539. The van der Waals surface area contributed by atoms with Gasteiger partial charge >= 0.3 is 6.18 Å². The molecule has 2 aromatic carbocycles. The van der Waals surface area contributed by atoms with Gasteiger partial charge in [-0.2, -0.15) is 13.2 Å². The molecule has 2 unspecified atom stereocenters. The van der Waals surface area contributed by atoms with E-state index < -0.39 is 31.6 Å². The fraction of sp³-hybridized carbons (Fsp3) is 0.381. The molecular weight excluding hydrogens is 369 g/mol. The summed E-state index contributed by atoms with van der Waals surface area (Å²) in [5.41, 5.74) is 0. The molecule has 27 heavy (non-hydrogen) atoms. The van der Waals surface area contributed by atoms with Crippen molar-refractivity contribution in [3.63, 3.8) is 0 Å². The molecule has 0 saturated carbocycles. The highest BCUT2D eigenvalue weighted by Gasteiger charge is 2.54. The van der Waals surface area contributed by atoms with Crippen molar-refractivity contribution < 1.29 is 22.4 Å². The number of hydrogen-bond donors (Lipinski definition) is 0. The minimum atomic E-state index is -4.65. The van der Waals surface area contributed by atoms with Crippen molar-refractivity contribution >= 4 is 25.0 Å². The number of halogens is 3. The molecule has 0 heterocycles. The summed E-state index contributed by atoms with van der Waals surface area (Å²) in [4.78, 5) is 11.2. The Balaban J connectivity index is 2.68. The summed E-state index contributed by atoms with van der Waals surface area (Å²) in [7, 11) is -3.13. The first-order valence-electron chi connectivity index (χ1n) is 8.85. The summed E-state index contributed by atoms with van der Waals surface area (Å²) in [6, 6.07) is 18.8. The van der Waals surface area contributed by atoms with E-state index in [2.05, 4.69) is 0 Å². The smallest absolute Gasteiger partial charge is 0.400 e. The summed E-state index contributed by atoms with van der Waals surface area (Å²) in [5.74, 6) is -2.17. The van der Waals surface area contributed by atoms with Gasteiger partial charge in [0.15, 0.2) is 0 Å².